The van der Waals surface area contributed by atoms with E-state index in [1.54, 1.807) is 0 Å². The van der Waals surface area contributed by atoms with Crippen LogP contribution in [-0.4, -0.2) is 15.0 Å². The lowest BCUT2D eigenvalue weighted by atomic mass is 9.79. The summed E-state index contributed by atoms with van der Waals surface area (Å²) in [7, 11) is 0. The van der Waals surface area contributed by atoms with E-state index >= 15 is 0 Å². The first-order valence-electron chi connectivity index (χ1n) is 6.87. The molecule has 1 aromatic heterocycles. The summed E-state index contributed by atoms with van der Waals surface area (Å²) in [6.45, 7) is 4.71. The second-order valence-corrected chi connectivity index (χ2v) is 6.00. The van der Waals surface area contributed by atoms with Gasteiger partial charge in [0.05, 0.1) is 11.7 Å². The van der Waals surface area contributed by atoms with Crippen LogP contribution in [0.1, 0.15) is 63.6 Å². The maximum absolute atomic E-state index is 5.96. The van der Waals surface area contributed by atoms with E-state index in [2.05, 4.69) is 28.8 Å². The fourth-order valence-corrected chi connectivity index (χ4v) is 3.08. The molecule has 1 heterocycles. The molecule has 2 saturated carbocycles. The number of nitrogen functional groups attached to an aromatic ring is 1. The Hall–Kier alpha value is -1.06. The third-order valence-corrected chi connectivity index (χ3v) is 4.64. The van der Waals surface area contributed by atoms with Gasteiger partial charge in [0.15, 0.2) is 5.82 Å². The van der Waals surface area contributed by atoms with Gasteiger partial charge in [-0.05, 0) is 43.9 Å². The zero-order valence-corrected chi connectivity index (χ0v) is 10.8. The molecule has 2 N–H and O–H groups in total. The van der Waals surface area contributed by atoms with Crippen molar-refractivity contribution in [2.75, 3.05) is 5.73 Å². The standard InChI is InChI=1S/C13H22N4/c1-8-3-6-11(7-9(8)2)17-12(10-4-5-10)13(14)15-16-17/h8-11H,3-7,14H2,1-2H3. The summed E-state index contributed by atoms with van der Waals surface area (Å²) in [6, 6.07) is 0.529. The predicted octanol–water partition coefficient (Wildman–Crippen LogP) is 2.73. The average molecular weight is 234 g/mol. The minimum atomic E-state index is 0.529. The van der Waals surface area contributed by atoms with Gasteiger partial charge >= 0.3 is 0 Å². The van der Waals surface area contributed by atoms with Crippen LogP contribution in [0.15, 0.2) is 0 Å². The summed E-state index contributed by atoms with van der Waals surface area (Å²) in [5.74, 6) is 2.93. The van der Waals surface area contributed by atoms with Crippen molar-refractivity contribution in [1.82, 2.24) is 15.0 Å². The highest BCUT2D eigenvalue weighted by molar-refractivity contribution is 5.38. The Bertz CT molecular complexity index is 408. The molecule has 2 aliphatic carbocycles. The number of hydrogen-bond donors (Lipinski definition) is 1. The van der Waals surface area contributed by atoms with Gasteiger partial charge in [-0.2, -0.15) is 0 Å². The number of rotatable bonds is 2. The summed E-state index contributed by atoms with van der Waals surface area (Å²) >= 11 is 0. The van der Waals surface area contributed by atoms with E-state index in [9.17, 15) is 0 Å². The molecule has 0 bridgehead atoms. The second-order valence-electron chi connectivity index (χ2n) is 6.00. The van der Waals surface area contributed by atoms with E-state index < -0.39 is 0 Å². The Kier molecular flexibility index (Phi) is 2.60. The molecule has 2 aliphatic rings. The van der Waals surface area contributed by atoms with Crippen molar-refractivity contribution in [2.45, 2.75) is 57.9 Å². The van der Waals surface area contributed by atoms with Crippen LogP contribution >= 0.6 is 0 Å². The van der Waals surface area contributed by atoms with Crippen LogP contribution in [-0.2, 0) is 0 Å². The van der Waals surface area contributed by atoms with E-state index in [0.29, 0.717) is 17.8 Å². The first kappa shape index (κ1) is 11.1. The topological polar surface area (TPSA) is 56.7 Å². The van der Waals surface area contributed by atoms with E-state index in [-0.39, 0.29) is 0 Å². The van der Waals surface area contributed by atoms with Crippen molar-refractivity contribution in [1.29, 1.82) is 0 Å². The summed E-state index contributed by atoms with van der Waals surface area (Å²) in [6.07, 6.45) is 6.28. The fraction of sp³-hybridized carbons (Fsp3) is 0.846. The van der Waals surface area contributed by atoms with Crippen molar-refractivity contribution < 1.29 is 0 Å². The highest BCUT2D eigenvalue weighted by Crippen LogP contribution is 2.45. The van der Waals surface area contributed by atoms with Crippen LogP contribution in [0.3, 0.4) is 0 Å². The highest BCUT2D eigenvalue weighted by atomic mass is 15.5. The second kappa shape index (κ2) is 4.00. The number of nitrogens with two attached hydrogens (primary N) is 1. The molecule has 4 heteroatoms. The Balaban J connectivity index is 1.84. The lowest BCUT2D eigenvalue weighted by Crippen LogP contribution is -2.25. The van der Waals surface area contributed by atoms with Gasteiger partial charge in [0.2, 0.25) is 0 Å². The maximum atomic E-state index is 5.96. The van der Waals surface area contributed by atoms with Crippen LogP contribution in [0.25, 0.3) is 0 Å². The first-order chi connectivity index (χ1) is 8.16. The monoisotopic (exact) mass is 234 g/mol. The first-order valence-corrected chi connectivity index (χ1v) is 6.87. The molecule has 0 radical (unpaired) electrons. The predicted molar refractivity (Wildman–Crippen MR) is 67.6 cm³/mol. The third kappa shape index (κ3) is 1.94. The molecule has 0 aromatic carbocycles. The van der Waals surface area contributed by atoms with E-state index in [4.69, 9.17) is 5.73 Å². The molecule has 17 heavy (non-hydrogen) atoms. The molecule has 3 unspecified atom stereocenters. The van der Waals surface area contributed by atoms with Crippen LogP contribution in [0.5, 0.6) is 0 Å². The molecule has 0 saturated heterocycles. The largest absolute Gasteiger partial charge is 0.381 e. The van der Waals surface area contributed by atoms with Gasteiger partial charge in [-0.15, -0.1) is 5.10 Å². The SMILES string of the molecule is CC1CCC(n2nnc(N)c2C2CC2)CC1C. The van der Waals surface area contributed by atoms with Crippen molar-refractivity contribution in [3.05, 3.63) is 5.69 Å². The highest BCUT2D eigenvalue weighted by Gasteiger charge is 2.34. The van der Waals surface area contributed by atoms with Gasteiger partial charge in [-0.25, -0.2) is 4.68 Å². The Labute approximate surface area is 103 Å². The lowest BCUT2D eigenvalue weighted by Gasteiger charge is -2.32. The van der Waals surface area contributed by atoms with E-state index in [1.165, 1.54) is 37.8 Å². The lowest BCUT2D eigenvalue weighted by molar-refractivity contribution is 0.196. The zero-order valence-electron chi connectivity index (χ0n) is 10.8. The third-order valence-electron chi connectivity index (χ3n) is 4.64. The molecule has 3 rings (SSSR count). The van der Waals surface area contributed by atoms with Gasteiger partial charge in [-0.1, -0.05) is 19.1 Å². The Morgan fingerprint density at radius 1 is 1.12 bits per heavy atom. The summed E-state index contributed by atoms with van der Waals surface area (Å²) in [5.41, 5.74) is 7.18. The molecule has 2 fully saturated rings. The van der Waals surface area contributed by atoms with Gasteiger partial charge in [0.1, 0.15) is 0 Å². The van der Waals surface area contributed by atoms with Crippen molar-refractivity contribution in [3.8, 4) is 0 Å². The van der Waals surface area contributed by atoms with Crippen LogP contribution in [0.2, 0.25) is 0 Å². The fourth-order valence-electron chi connectivity index (χ4n) is 3.08. The smallest absolute Gasteiger partial charge is 0.169 e. The number of anilines is 1. The van der Waals surface area contributed by atoms with E-state index in [0.717, 1.165) is 11.8 Å². The summed E-state index contributed by atoms with van der Waals surface area (Å²) < 4.78 is 2.15. The van der Waals surface area contributed by atoms with E-state index in [1.807, 2.05) is 0 Å². The molecule has 3 atom stereocenters. The summed E-state index contributed by atoms with van der Waals surface area (Å²) in [4.78, 5) is 0. The van der Waals surface area contributed by atoms with Crippen LogP contribution < -0.4 is 5.73 Å². The average Bonchev–Trinajstić information content (AvgIpc) is 3.06. The maximum Gasteiger partial charge on any atom is 0.169 e. The van der Waals surface area contributed by atoms with Crippen molar-refractivity contribution >= 4 is 5.82 Å². The Morgan fingerprint density at radius 2 is 1.88 bits per heavy atom. The van der Waals surface area contributed by atoms with Crippen molar-refractivity contribution in [2.24, 2.45) is 11.8 Å². The molecule has 1 aromatic rings. The minimum absolute atomic E-state index is 0.529. The van der Waals surface area contributed by atoms with Crippen LogP contribution in [0, 0.1) is 11.8 Å². The molecule has 4 nitrogen and oxygen atoms in total. The summed E-state index contributed by atoms with van der Waals surface area (Å²) in [5, 5.41) is 8.39. The molecule has 94 valence electrons. The quantitative estimate of drug-likeness (QED) is 0.856. The Morgan fingerprint density at radius 3 is 2.53 bits per heavy atom. The van der Waals surface area contributed by atoms with Gasteiger partial charge in [-0.3, -0.25) is 0 Å². The zero-order chi connectivity index (χ0) is 12.0. The van der Waals surface area contributed by atoms with Crippen LogP contribution in [0.4, 0.5) is 5.82 Å². The van der Waals surface area contributed by atoms with Crippen molar-refractivity contribution in [3.63, 3.8) is 0 Å². The van der Waals surface area contributed by atoms with Gasteiger partial charge < -0.3 is 5.73 Å². The molecule has 0 amide bonds. The number of aromatic nitrogens is 3. The number of hydrogen-bond acceptors (Lipinski definition) is 3. The molecular formula is C13H22N4. The number of nitrogens with zero attached hydrogens (tertiary/aromatic N) is 3. The normalized spacial score (nSPS) is 33.9. The molecule has 0 spiro atoms. The van der Waals surface area contributed by atoms with Gasteiger partial charge in [0.25, 0.3) is 0 Å². The minimum Gasteiger partial charge on any atom is -0.381 e. The molecule has 0 aliphatic heterocycles. The molecular weight excluding hydrogens is 212 g/mol. The van der Waals surface area contributed by atoms with Gasteiger partial charge in [0, 0.05) is 5.92 Å².